The molecule has 84 valence electrons. The van der Waals surface area contributed by atoms with Crippen LogP contribution in [0.1, 0.15) is 10.4 Å². The summed E-state index contributed by atoms with van der Waals surface area (Å²) in [4.78, 5) is 21.9. The lowest BCUT2D eigenvalue weighted by Crippen LogP contribution is -2.11. The zero-order valence-electron chi connectivity index (χ0n) is 7.96. The molecule has 1 amide bonds. The quantitative estimate of drug-likeness (QED) is 0.558. The van der Waals surface area contributed by atoms with Gasteiger partial charge in [0, 0.05) is 7.14 Å². The predicted octanol–water partition coefficient (Wildman–Crippen LogP) is 2.72. The molecular formula is C10H7I2NO3. The molecule has 16 heavy (non-hydrogen) atoms. The first kappa shape index (κ1) is 13.4. The summed E-state index contributed by atoms with van der Waals surface area (Å²) < 4.78 is 1.36. The van der Waals surface area contributed by atoms with Gasteiger partial charge in [0.05, 0.1) is 11.3 Å². The molecule has 0 aliphatic heterocycles. The maximum Gasteiger partial charge on any atom is 0.335 e. The maximum atomic E-state index is 11.2. The highest BCUT2D eigenvalue weighted by Crippen LogP contribution is 2.26. The fraction of sp³-hybridized carbons (Fsp3) is 0. The van der Waals surface area contributed by atoms with Gasteiger partial charge in [-0.1, -0.05) is 6.58 Å². The molecule has 0 bridgehead atoms. The average Bonchev–Trinajstić information content (AvgIpc) is 2.22. The number of benzene rings is 1. The molecule has 4 nitrogen and oxygen atoms in total. The molecule has 0 unspecified atom stereocenters. The fourth-order valence-corrected chi connectivity index (χ4v) is 3.03. The van der Waals surface area contributed by atoms with E-state index in [4.69, 9.17) is 5.11 Å². The Morgan fingerprint density at radius 3 is 2.19 bits per heavy atom. The van der Waals surface area contributed by atoms with Crippen LogP contribution in [0.15, 0.2) is 24.8 Å². The van der Waals surface area contributed by atoms with E-state index >= 15 is 0 Å². The van der Waals surface area contributed by atoms with Gasteiger partial charge in [-0.2, -0.15) is 0 Å². The minimum atomic E-state index is -0.988. The number of hydrogen-bond acceptors (Lipinski definition) is 2. The molecule has 0 heterocycles. The van der Waals surface area contributed by atoms with Gasteiger partial charge in [0.2, 0.25) is 5.91 Å². The van der Waals surface area contributed by atoms with E-state index in [-0.39, 0.29) is 11.5 Å². The van der Waals surface area contributed by atoms with Crippen LogP contribution in [0.25, 0.3) is 0 Å². The van der Waals surface area contributed by atoms with E-state index in [0.717, 1.165) is 6.08 Å². The first-order chi connectivity index (χ1) is 7.45. The van der Waals surface area contributed by atoms with Crippen molar-refractivity contribution in [1.29, 1.82) is 0 Å². The highest BCUT2D eigenvalue weighted by atomic mass is 127. The van der Waals surface area contributed by atoms with E-state index in [1.165, 1.54) is 12.1 Å². The van der Waals surface area contributed by atoms with Gasteiger partial charge < -0.3 is 10.4 Å². The molecular weight excluding hydrogens is 436 g/mol. The second-order valence-corrected chi connectivity index (χ2v) is 5.14. The summed E-state index contributed by atoms with van der Waals surface area (Å²) >= 11 is 3.96. The van der Waals surface area contributed by atoms with Crippen LogP contribution in [0.5, 0.6) is 0 Å². The Bertz CT molecular complexity index is 448. The predicted molar refractivity (Wildman–Crippen MR) is 77.7 cm³/mol. The standard InChI is InChI=1S/C10H7I2NO3/c1-2-8(14)13-9-6(11)3-5(10(15)16)4-7(9)12/h2-4H,1H2,(H,13,14)(H,15,16). The number of carbonyl (C=O) groups is 2. The third kappa shape index (κ3) is 3.17. The molecule has 0 aromatic heterocycles. The second-order valence-electron chi connectivity index (χ2n) is 2.81. The summed E-state index contributed by atoms with van der Waals surface area (Å²) in [6.45, 7) is 3.35. The maximum absolute atomic E-state index is 11.2. The summed E-state index contributed by atoms with van der Waals surface area (Å²) in [6.07, 6.45) is 1.16. The fourth-order valence-electron chi connectivity index (χ4n) is 0.990. The number of rotatable bonds is 3. The number of hydrogen-bond donors (Lipinski definition) is 2. The first-order valence-corrected chi connectivity index (χ1v) is 6.27. The van der Waals surface area contributed by atoms with Crippen LogP contribution >= 0.6 is 45.2 Å². The number of anilines is 1. The van der Waals surface area contributed by atoms with Gasteiger partial charge >= 0.3 is 5.97 Å². The SMILES string of the molecule is C=CC(=O)Nc1c(I)cc(C(=O)O)cc1I. The number of aromatic carboxylic acids is 1. The third-order valence-electron chi connectivity index (χ3n) is 1.72. The average molecular weight is 443 g/mol. The Morgan fingerprint density at radius 2 is 1.81 bits per heavy atom. The smallest absolute Gasteiger partial charge is 0.335 e. The van der Waals surface area contributed by atoms with E-state index in [1.54, 1.807) is 0 Å². The highest BCUT2D eigenvalue weighted by Gasteiger charge is 2.12. The third-order valence-corrected chi connectivity index (χ3v) is 3.42. The van der Waals surface area contributed by atoms with Crippen molar-refractivity contribution in [3.05, 3.63) is 37.5 Å². The Morgan fingerprint density at radius 1 is 1.31 bits per heavy atom. The van der Waals surface area contributed by atoms with E-state index in [2.05, 4.69) is 11.9 Å². The molecule has 0 spiro atoms. The highest BCUT2D eigenvalue weighted by molar-refractivity contribution is 14.1. The van der Waals surface area contributed by atoms with E-state index in [1.807, 2.05) is 45.2 Å². The van der Waals surface area contributed by atoms with Crippen molar-refractivity contribution in [2.75, 3.05) is 5.32 Å². The van der Waals surface area contributed by atoms with Crippen molar-refractivity contribution in [2.45, 2.75) is 0 Å². The Hall–Kier alpha value is -0.640. The molecule has 1 aromatic rings. The largest absolute Gasteiger partial charge is 0.478 e. The zero-order chi connectivity index (χ0) is 12.3. The van der Waals surface area contributed by atoms with Gasteiger partial charge in [-0.05, 0) is 63.4 Å². The minimum Gasteiger partial charge on any atom is -0.478 e. The van der Waals surface area contributed by atoms with Crippen LogP contribution < -0.4 is 5.32 Å². The van der Waals surface area contributed by atoms with Crippen molar-refractivity contribution in [3.63, 3.8) is 0 Å². The summed E-state index contributed by atoms with van der Waals surface area (Å²) in [7, 11) is 0. The topological polar surface area (TPSA) is 66.4 Å². The van der Waals surface area contributed by atoms with Crippen molar-refractivity contribution in [3.8, 4) is 0 Å². The minimum absolute atomic E-state index is 0.199. The first-order valence-electron chi connectivity index (χ1n) is 4.11. The molecule has 0 radical (unpaired) electrons. The molecule has 6 heteroatoms. The number of halogens is 2. The van der Waals surface area contributed by atoms with Crippen LogP contribution in [-0.4, -0.2) is 17.0 Å². The second kappa shape index (κ2) is 5.62. The van der Waals surface area contributed by atoms with E-state index < -0.39 is 5.97 Å². The van der Waals surface area contributed by atoms with Gasteiger partial charge in [-0.3, -0.25) is 4.79 Å². The van der Waals surface area contributed by atoms with Crippen molar-refractivity contribution in [1.82, 2.24) is 0 Å². The lowest BCUT2D eigenvalue weighted by molar-refractivity contribution is -0.111. The number of amides is 1. The number of carboxylic acids is 1. The van der Waals surface area contributed by atoms with Gasteiger partial charge in [-0.15, -0.1) is 0 Å². The van der Waals surface area contributed by atoms with Gasteiger partial charge in [-0.25, -0.2) is 4.79 Å². The molecule has 0 atom stereocenters. The number of nitrogens with one attached hydrogen (secondary N) is 1. The monoisotopic (exact) mass is 443 g/mol. The van der Waals surface area contributed by atoms with Gasteiger partial charge in [0.25, 0.3) is 0 Å². The van der Waals surface area contributed by atoms with Crippen LogP contribution in [0.3, 0.4) is 0 Å². The Balaban J connectivity index is 3.17. The summed E-state index contributed by atoms with van der Waals surface area (Å²) in [5.41, 5.74) is 0.807. The number of carboxylic acid groups (broad SMARTS) is 1. The molecule has 0 saturated heterocycles. The molecule has 0 aliphatic rings. The van der Waals surface area contributed by atoms with Gasteiger partial charge in [0.15, 0.2) is 0 Å². The van der Waals surface area contributed by atoms with E-state index in [9.17, 15) is 9.59 Å². The van der Waals surface area contributed by atoms with Crippen LogP contribution in [-0.2, 0) is 4.79 Å². The normalized spacial score (nSPS) is 9.62. The Kier molecular flexibility index (Phi) is 4.71. The zero-order valence-corrected chi connectivity index (χ0v) is 12.3. The summed E-state index contributed by atoms with van der Waals surface area (Å²) in [5.74, 6) is -1.31. The molecule has 0 saturated carbocycles. The van der Waals surface area contributed by atoms with Crippen molar-refractivity contribution in [2.24, 2.45) is 0 Å². The summed E-state index contributed by atoms with van der Waals surface area (Å²) in [6, 6.07) is 3.01. The molecule has 1 rings (SSSR count). The Labute approximate surface area is 119 Å². The lowest BCUT2D eigenvalue weighted by Gasteiger charge is -2.09. The van der Waals surface area contributed by atoms with Crippen LogP contribution in [0, 0.1) is 7.14 Å². The molecule has 0 fully saturated rings. The molecule has 2 N–H and O–H groups in total. The molecule has 0 aliphatic carbocycles. The lowest BCUT2D eigenvalue weighted by atomic mass is 10.2. The number of carbonyl (C=O) groups excluding carboxylic acids is 1. The van der Waals surface area contributed by atoms with Crippen molar-refractivity contribution < 1.29 is 14.7 Å². The summed E-state index contributed by atoms with van der Waals surface area (Å²) in [5, 5.41) is 11.5. The van der Waals surface area contributed by atoms with Crippen LogP contribution in [0.2, 0.25) is 0 Å². The molecule has 1 aromatic carbocycles. The van der Waals surface area contributed by atoms with E-state index in [0.29, 0.717) is 12.8 Å². The van der Waals surface area contributed by atoms with Crippen molar-refractivity contribution >= 4 is 62.7 Å². The van der Waals surface area contributed by atoms with Gasteiger partial charge in [0.1, 0.15) is 0 Å². The van der Waals surface area contributed by atoms with Crippen LogP contribution in [0.4, 0.5) is 5.69 Å².